The molecule has 2 fully saturated rings. The molecule has 150 valence electrons. The van der Waals surface area contributed by atoms with Crippen molar-refractivity contribution in [3.8, 4) is 0 Å². The predicted molar refractivity (Wildman–Crippen MR) is 102 cm³/mol. The van der Waals surface area contributed by atoms with Crippen LogP contribution in [0.2, 0.25) is 0 Å². The van der Waals surface area contributed by atoms with Gasteiger partial charge in [-0.25, -0.2) is 13.6 Å². The van der Waals surface area contributed by atoms with Gasteiger partial charge in [0.2, 0.25) is 6.04 Å². The van der Waals surface area contributed by atoms with Crippen molar-refractivity contribution in [2.45, 2.75) is 44.1 Å². The van der Waals surface area contributed by atoms with Crippen LogP contribution in [-0.4, -0.2) is 46.7 Å². The summed E-state index contributed by atoms with van der Waals surface area (Å²) in [4.78, 5) is 16.8. The average molecular weight is 400 g/mol. The number of rotatable bonds is 3. The maximum absolute atomic E-state index is 14.0. The first-order valence-corrected chi connectivity index (χ1v) is 9.45. The van der Waals surface area contributed by atoms with Gasteiger partial charge in [-0.05, 0) is 33.1 Å². The summed E-state index contributed by atoms with van der Waals surface area (Å²) in [6.07, 6.45) is 2.81. The Bertz CT molecular complexity index is 757. The summed E-state index contributed by atoms with van der Waals surface area (Å²) in [6.45, 7) is 4.23. The van der Waals surface area contributed by atoms with E-state index in [0.29, 0.717) is 13.1 Å². The van der Waals surface area contributed by atoms with Crippen molar-refractivity contribution < 1.29 is 19.4 Å². The monoisotopic (exact) mass is 400 g/mol. The van der Waals surface area contributed by atoms with E-state index in [1.54, 1.807) is 13.8 Å². The van der Waals surface area contributed by atoms with E-state index in [2.05, 4.69) is 4.98 Å². The zero-order valence-electron chi connectivity index (χ0n) is 15.3. The highest BCUT2D eigenvalue weighted by Gasteiger charge is 2.53. The number of carboxylic acid groups (broad SMARTS) is 1. The molecular weight excluding hydrogens is 376 g/mol. The van der Waals surface area contributed by atoms with Crippen molar-refractivity contribution in [1.29, 1.82) is 0 Å². The van der Waals surface area contributed by atoms with Gasteiger partial charge in [-0.1, -0.05) is 4.98 Å². The largest absolute Gasteiger partial charge is 0.754 e. The van der Waals surface area contributed by atoms with E-state index in [1.165, 1.54) is 0 Å². The second-order valence-electron chi connectivity index (χ2n) is 7.12. The van der Waals surface area contributed by atoms with Crippen LogP contribution in [0.15, 0.2) is 0 Å². The molecule has 11 nitrogen and oxygen atoms in total. The molecule has 0 saturated carbocycles. The number of hydrogen-bond acceptors (Lipinski definition) is 9. The highest BCUT2D eigenvalue weighted by molar-refractivity contribution is 8.00. The number of quaternary nitrogens is 1. The first-order valence-electron chi connectivity index (χ1n) is 8.68. The predicted octanol–water partition coefficient (Wildman–Crippen LogP) is 0.543. The van der Waals surface area contributed by atoms with Gasteiger partial charge in [-0.3, -0.25) is 0 Å². The summed E-state index contributed by atoms with van der Waals surface area (Å²) in [5, 5.41) is 35.9. The zero-order chi connectivity index (χ0) is 20.0. The van der Waals surface area contributed by atoms with Gasteiger partial charge in [0.25, 0.3) is 17.3 Å². The van der Waals surface area contributed by atoms with E-state index in [-0.39, 0.29) is 28.8 Å². The number of anilines is 3. The fourth-order valence-corrected chi connectivity index (χ4v) is 4.70. The van der Waals surface area contributed by atoms with E-state index < -0.39 is 26.8 Å². The highest BCUT2D eigenvalue weighted by Crippen LogP contribution is 2.50. The van der Waals surface area contributed by atoms with Gasteiger partial charge >= 0.3 is 11.9 Å². The summed E-state index contributed by atoms with van der Waals surface area (Å²) in [7, 11) is 0. The van der Waals surface area contributed by atoms with Crippen molar-refractivity contribution in [3.63, 3.8) is 0 Å². The Morgan fingerprint density at radius 1 is 1.41 bits per heavy atom. The molecular formula is C15H24N6O5S. The van der Waals surface area contributed by atoms with Crippen LogP contribution < -0.4 is 25.1 Å². The lowest BCUT2D eigenvalue weighted by Crippen LogP contribution is -2.61. The Morgan fingerprint density at radius 2 is 2.04 bits per heavy atom. The standard InChI is InChI=1S/C15H24N6O5S/c1-15(2)26-8-9(13(22)23)21(25,27-15)10-11(16)20(24)14(17)18-12(10)19-6-4-3-5-7-19/h9H,3-8,16H2,1-2H3,(H2,17,18)(H,22,23). The Balaban J connectivity index is 2.23. The van der Waals surface area contributed by atoms with Gasteiger partial charge < -0.3 is 36.6 Å². The zero-order valence-corrected chi connectivity index (χ0v) is 16.1. The smallest absolute Gasteiger partial charge is 0.366 e. The molecule has 0 bridgehead atoms. The molecule has 1 aromatic heterocycles. The van der Waals surface area contributed by atoms with E-state index >= 15 is 0 Å². The topological polar surface area (TPSA) is 165 Å². The fourth-order valence-electron chi connectivity index (χ4n) is 3.38. The molecule has 2 unspecified atom stereocenters. The van der Waals surface area contributed by atoms with Gasteiger partial charge in [0, 0.05) is 13.1 Å². The molecule has 0 aliphatic carbocycles. The number of aromatic nitrogens is 2. The number of nitrogen functional groups attached to an aromatic ring is 2. The molecule has 0 radical (unpaired) electrons. The van der Waals surface area contributed by atoms with Gasteiger partial charge in [0.1, 0.15) is 18.6 Å². The van der Waals surface area contributed by atoms with Crippen LogP contribution in [0, 0.1) is 10.4 Å². The summed E-state index contributed by atoms with van der Waals surface area (Å²) >= 11 is 0.727. The van der Waals surface area contributed by atoms with Crippen molar-refractivity contribution in [3.05, 3.63) is 10.4 Å². The Kier molecular flexibility index (Phi) is 5.01. The molecule has 2 aliphatic rings. The van der Waals surface area contributed by atoms with E-state index in [0.717, 1.165) is 31.2 Å². The third-order valence-electron chi connectivity index (χ3n) is 4.71. The molecule has 3 rings (SSSR count). The molecule has 12 heteroatoms. The van der Waals surface area contributed by atoms with Gasteiger partial charge in [0.05, 0.1) is 0 Å². The van der Waals surface area contributed by atoms with Gasteiger partial charge in [0.15, 0.2) is 4.93 Å². The minimum Gasteiger partial charge on any atom is -0.754 e. The number of nitrogens with two attached hydrogens (primary N) is 2. The van der Waals surface area contributed by atoms with E-state index in [1.807, 2.05) is 4.90 Å². The number of aliphatic carboxylic acids is 1. The Hall–Kier alpha value is -2.02. The maximum Gasteiger partial charge on any atom is 0.366 e. The number of carbonyl (C=O) groups is 1. The fraction of sp³-hybridized carbons (Fsp3) is 0.667. The molecule has 3 heterocycles. The molecule has 27 heavy (non-hydrogen) atoms. The molecule has 2 saturated heterocycles. The summed E-state index contributed by atoms with van der Waals surface area (Å²) < 4.78 is 4.28. The minimum absolute atomic E-state index is 0.169. The van der Waals surface area contributed by atoms with Crippen molar-refractivity contribution in [1.82, 2.24) is 9.04 Å². The second kappa shape index (κ2) is 6.86. The van der Waals surface area contributed by atoms with Crippen LogP contribution in [0.4, 0.5) is 23.3 Å². The van der Waals surface area contributed by atoms with Crippen LogP contribution in [-0.2, 0) is 9.53 Å². The van der Waals surface area contributed by atoms with Crippen LogP contribution >= 0.6 is 11.9 Å². The molecule has 0 aromatic carbocycles. The number of hydrogen-bond donors (Lipinski definition) is 3. The molecule has 2 atom stereocenters. The van der Waals surface area contributed by atoms with Gasteiger partial charge in [-0.15, -0.1) is 0 Å². The SMILES string of the molecule is CC1(C)OCC(C(=O)O)[N+]([O-])(c2c(N3CCCCC3)nc(N)[n+]([O-])c2N)S1. The lowest BCUT2D eigenvalue weighted by Gasteiger charge is -2.50. The van der Waals surface area contributed by atoms with Gasteiger partial charge in [-0.2, -0.15) is 0 Å². The lowest BCUT2D eigenvalue weighted by atomic mass is 10.1. The minimum atomic E-state index is -1.50. The average Bonchev–Trinajstić information content (AvgIpc) is 2.58. The van der Waals surface area contributed by atoms with Crippen LogP contribution in [0.25, 0.3) is 0 Å². The van der Waals surface area contributed by atoms with Crippen molar-refractivity contribution >= 4 is 41.2 Å². The molecule has 2 aliphatic heterocycles. The number of hydroxylamine groups is 1. The maximum atomic E-state index is 14.0. The molecule has 0 spiro atoms. The third-order valence-corrected chi connectivity index (χ3v) is 5.97. The van der Waals surface area contributed by atoms with Crippen LogP contribution in [0.1, 0.15) is 33.1 Å². The lowest BCUT2D eigenvalue weighted by molar-refractivity contribution is -0.576. The number of piperidine rings is 1. The Morgan fingerprint density at radius 3 is 2.63 bits per heavy atom. The third kappa shape index (κ3) is 3.45. The summed E-state index contributed by atoms with van der Waals surface area (Å²) in [5.41, 5.74) is 11.5. The van der Waals surface area contributed by atoms with Crippen molar-refractivity contribution in [2.24, 2.45) is 0 Å². The number of nitrogens with zero attached hydrogens (tertiary/aromatic N) is 4. The van der Waals surface area contributed by atoms with Crippen LogP contribution in [0.3, 0.4) is 0 Å². The number of ether oxygens (including phenoxy) is 1. The normalized spacial score (nSPS) is 28.1. The van der Waals surface area contributed by atoms with Crippen LogP contribution in [0.5, 0.6) is 0 Å². The summed E-state index contributed by atoms with van der Waals surface area (Å²) in [6, 6.07) is -1.50. The van der Waals surface area contributed by atoms with Crippen molar-refractivity contribution in [2.75, 3.05) is 36.1 Å². The quantitative estimate of drug-likeness (QED) is 0.282. The summed E-state index contributed by atoms with van der Waals surface area (Å²) in [5.74, 6) is -1.99. The van der Waals surface area contributed by atoms with E-state index in [4.69, 9.17) is 16.2 Å². The first-order chi connectivity index (χ1) is 12.6. The molecule has 1 aromatic rings. The molecule has 5 N–H and O–H groups in total. The first kappa shape index (κ1) is 19.7. The Labute approximate surface area is 160 Å². The highest BCUT2D eigenvalue weighted by atomic mass is 32.2. The molecule has 0 amide bonds. The number of carboxylic acids is 1. The van der Waals surface area contributed by atoms with E-state index in [9.17, 15) is 20.3 Å². The second-order valence-corrected chi connectivity index (χ2v) is 8.83.